The van der Waals surface area contributed by atoms with Gasteiger partial charge in [-0.05, 0) is 30.2 Å². The Morgan fingerprint density at radius 1 is 0.818 bits per heavy atom. The lowest BCUT2D eigenvalue weighted by molar-refractivity contribution is 0.122. The molecule has 0 aromatic heterocycles. The van der Waals surface area contributed by atoms with Crippen LogP contribution in [0.3, 0.4) is 0 Å². The topological polar surface area (TPSA) is 12.5 Å². The number of ether oxygens (including phenoxy) is 1. The van der Waals surface area contributed by atoms with Crippen molar-refractivity contribution in [1.82, 2.24) is 0 Å². The van der Waals surface area contributed by atoms with E-state index < -0.39 is 0 Å². The van der Waals surface area contributed by atoms with E-state index in [4.69, 9.17) is 4.74 Å². The van der Waals surface area contributed by atoms with Gasteiger partial charge in [0.05, 0.1) is 13.2 Å². The van der Waals surface area contributed by atoms with Crippen LogP contribution in [0.2, 0.25) is 0 Å². The highest BCUT2D eigenvalue weighted by Gasteiger charge is 2.23. The van der Waals surface area contributed by atoms with E-state index in [0.29, 0.717) is 0 Å². The van der Waals surface area contributed by atoms with Gasteiger partial charge >= 0.3 is 0 Å². The standard InChI is InChI=1S/C20H25NO/c1-16-4-6-17(7-5-16)20(2,3)18-8-10-19(11-9-18)21-12-14-22-15-13-21/h4-11H,12-15H2,1-3H3. The molecule has 1 aliphatic heterocycles. The molecule has 0 spiro atoms. The Hall–Kier alpha value is -1.80. The van der Waals surface area contributed by atoms with E-state index in [1.54, 1.807) is 0 Å². The molecule has 2 nitrogen and oxygen atoms in total. The number of morpholine rings is 1. The van der Waals surface area contributed by atoms with E-state index in [-0.39, 0.29) is 5.41 Å². The van der Waals surface area contributed by atoms with Gasteiger partial charge < -0.3 is 9.64 Å². The number of rotatable bonds is 3. The third-order valence-electron chi connectivity index (χ3n) is 4.74. The van der Waals surface area contributed by atoms with Gasteiger partial charge in [-0.2, -0.15) is 0 Å². The number of benzene rings is 2. The van der Waals surface area contributed by atoms with Crippen molar-refractivity contribution in [1.29, 1.82) is 0 Å². The summed E-state index contributed by atoms with van der Waals surface area (Å²) in [6, 6.07) is 17.9. The summed E-state index contributed by atoms with van der Waals surface area (Å²) in [6.45, 7) is 10.4. The molecule has 1 fully saturated rings. The molecule has 2 aromatic carbocycles. The summed E-state index contributed by atoms with van der Waals surface area (Å²) in [6.07, 6.45) is 0. The maximum Gasteiger partial charge on any atom is 0.0642 e. The van der Waals surface area contributed by atoms with Crippen molar-refractivity contribution in [2.75, 3.05) is 31.2 Å². The van der Waals surface area contributed by atoms with Crippen LogP contribution in [0.1, 0.15) is 30.5 Å². The first-order valence-electron chi connectivity index (χ1n) is 8.08. The van der Waals surface area contributed by atoms with Gasteiger partial charge in [0.25, 0.3) is 0 Å². The van der Waals surface area contributed by atoms with Gasteiger partial charge in [0, 0.05) is 24.2 Å². The van der Waals surface area contributed by atoms with Gasteiger partial charge in [0.15, 0.2) is 0 Å². The van der Waals surface area contributed by atoms with Crippen molar-refractivity contribution in [3.63, 3.8) is 0 Å². The largest absolute Gasteiger partial charge is 0.378 e. The highest BCUT2D eigenvalue weighted by molar-refractivity contribution is 5.50. The SMILES string of the molecule is Cc1ccc(C(C)(C)c2ccc(N3CCOCC3)cc2)cc1. The van der Waals surface area contributed by atoms with Crippen molar-refractivity contribution >= 4 is 5.69 Å². The predicted molar refractivity (Wildman–Crippen MR) is 92.8 cm³/mol. The maximum absolute atomic E-state index is 5.42. The zero-order chi connectivity index (χ0) is 15.6. The summed E-state index contributed by atoms with van der Waals surface area (Å²) in [5.41, 5.74) is 5.34. The van der Waals surface area contributed by atoms with Crippen molar-refractivity contribution in [3.05, 3.63) is 65.2 Å². The van der Waals surface area contributed by atoms with E-state index in [1.807, 2.05) is 0 Å². The van der Waals surface area contributed by atoms with Gasteiger partial charge in [0.1, 0.15) is 0 Å². The van der Waals surface area contributed by atoms with Gasteiger partial charge in [0.2, 0.25) is 0 Å². The molecule has 2 heteroatoms. The van der Waals surface area contributed by atoms with Gasteiger partial charge in [-0.1, -0.05) is 55.8 Å². The summed E-state index contributed by atoms with van der Waals surface area (Å²) in [5.74, 6) is 0. The second-order valence-electron chi connectivity index (χ2n) is 6.64. The minimum Gasteiger partial charge on any atom is -0.378 e. The maximum atomic E-state index is 5.42. The second kappa shape index (κ2) is 6.13. The third-order valence-corrected chi connectivity index (χ3v) is 4.74. The molecule has 2 aromatic rings. The lowest BCUT2D eigenvalue weighted by Crippen LogP contribution is -2.36. The van der Waals surface area contributed by atoms with E-state index in [9.17, 15) is 0 Å². The lowest BCUT2D eigenvalue weighted by atomic mass is 9.78. The molecule has 0 amide bonds. The van der Waals surface area contributed by atoms with Crippen LogP contribution in [0, 0.1) is 6.92 Å². The summed E-state index contributed by atoms with van der Waals surface area (Å²) < 4.78 is 5.42. The zero-order valence-electron chi connectivity index (χ0n) is 13.8. The molecule has 0 N–H and O–H groups in total. The van der Waals surface area contributed by atoms with E-state index in [2.05, 4.69) is 74.2 Å². The molecule has 1 saturated heterocycles. The highest BCUT2D eigenvalue weighted by atomic mass is 16.5. The van der Waals surface area contributed by atoms with Crippen LogP contribution < -0.4 is 4.90 Å². The Balaban J connectivity index is 1.83. The summed E-state index contributed by atoms with van der Waals surface area (Å²) in [5, 5.41) is 0. The zero-order valence-corrected chi connectivity index (χ0v) is 13.8. The molecule has 0 atom stereocenters. The molecule has 1 heterocycles. The van der Waals surface area contributed by atoms with Gasteiger partial charge in [-0.3, -0.25) is 0 Å². The van der Waals surface area contributed by atoms with E-state index in [0.717, 1.165) is 26.3 Å². The fraction of sp³-hybridized carbons (Fsp3) is 0.400. The first-order chi connectivity index (χ1) is 10.6. The first kappa shape index (κ1) is 15.1. The Labute approximate surface area is 133 Å². The molecule has 3 rings (SSSR count). The van der Waals surface area contributed by atoms with Crippen LogP contribution in [0.15, 0.2) is 48.5 Å². The van der Waals surface area contributed by atoms with Crippen LogP contribution in [0.5, 0.6) is 0 Å². The molecule has 0 radical (unpaired) electrons. The normalized spacial score (nSPS) is 15.9. The van der Waals surface area contributed by atoms with Crippen molar-refractivity contribution in [3.8, 4) is 0 Å². The minimum absolute atomic E-state index is 0.0250. The average molecular weight is 295 g/mol. The lowest BCUT2D eigenvalue weighted by Gasteiger charge is -2.30. The van der Waals surface area contributed by atoms with Crippen molar-refractivity contribution in [2.45, 2.75) is 26.2 Å². The van der Waals surface area contributed by atoms with Gasteiger partial charge in [-0.25, -0.2) is 0 Å². The number of nitrogens with zero attached hydrogens (tertiary/aromatic N) is 1. The van der Waals surface area contributed by atoms with Crippen molar-refractivity contribution in [2.24, 2.45) is 0 Å². The average Bonchev–Trinajstić information content (AvgIpc) is 2.56. The Morgan fingerprint density at radius 2 is 1.32 bits per heavy atom. The molecule has 0 unspecified atom stereocenters. The van der Waals surface area contributed by atoms with Crippen molar-refractivity contribution < 1.29 is 4.74 Å². The summed E-state index contributed by atoms with van der Waals surface area (Å²) in [4.78, 5) is 2.39. The summed E-state index contributed by atoms with van der Waals surface area (Å²) in [7, 11) is 0. The number of hydrogen-bond acceptors (Lipinski definition) is 2. The molecule has 1 aliphatic rings. The Morgan fingerprint density at radius 3 is 1.86 bits per heavy atom. The molecule has 0 aliphatic carbocycles. The minimum atomic E-state index is 0.0250. The van der Waals surface area contributed by atoms with E-state index >= 15 is 0 Å². The Kier molecular flexibility index (Phi) is 4.21. The van der Waals surface area contributed by atoms with Crippen LogP contribution in [-0.2, 0) is 10.2 Å². The summed E-state index contributed by atoms with van der Waals surface area (Å²) >= 11 is 0. The van der Waals surface area contributed by atoms with Crippen LogP contribution in [0.4, 0.5) is 5.69 Å². The fourth-order valence-electron chi connectivity index (χ4n) is 3.05. The first-order valence-corrected chi connectivity index (χ1v) is 8.08. The smallest absolute Gasteiger partial charge is 0.0642 e. The number of hydrogen-bond donors (Lipinski definition) is 0. The number of aryl methyl sites for hydroxylation is 1. The predicted octanol–water partition coefficient (Wildman–Crippen LogP) is 4.16. The quantitative estimate of drug-likeness (QED) is 0.843. The third kappa shape index (κ3) is 3.02. The second-order valence-corrected chi connectivity index (χ2v) is 6.64. The Bertz CT molecular complexity index is 607. The van der Waals surface area contributed by atoms with E-state index in [1.165, 1.54) is 22.4 Å². The van der Waals surface area contributed by atoms with Gasteiger partial charge in [-0.15, -0.1) is 0 Å². The van der Waals surface area contributed by atoms with Crippen LogP contribution in [-0.4, -0.2) is 26.3 Å². The molecular weight excluding hydrogens is 270 g/mol. The molecule has 22 heavy (non-hydrogen) atoms. The highest BCUT2D eigenvalue weighted by Crippen LogP contribution is 2.32. The fourth-order valence-corrected chi connectivity index (χ4v) is 3.05. The molecular formula is C20H25NO. The van der Waals surface area contributed by atoms with Crippen LogP contribution >= 0.6 is 0 Å². The number of anilines is 1. The van der Waals surface area contributed by atoms with Crippen LogP contribution in [0.25, 0.3) is 0 Å². The molecule has 0 saturated carbocycles. The molecule has 0 bridgehead atoms. The monoisotopic (exact) mass is 295 g/mol. The molecule has 116 valence electrons.